The Morgan fingerprint density at radius 3 is 2.53 bits per heavy atom. The first-order chi connectivity index (χ1) is 14.6. The van der Waals surface area contributed by atoms with Crippen molar-refractivity contribution in [3.63, 3.8) is 0 Å². The van der Waals surface area contributed by atoms with Crippen LogP contribution in [-0.4, -0.2) is 27.5 Å². The molecule has 0 aliphatic carbocycles. The molecule has 150 valence electrons. The van der Waals surface area contributed by atoms with E-state index in [1.54, 1.807) is 24.8 Å². The van der Waals surface area contributed by atoms with Crippen molar-refractivity contribution in [2.24, 2.45) is 0 Å². The van der Waals surface area contributed by atoms with E-state index in [4.69, 9.17) is 0 Å². The molecule has 0 bridgehead atoms. The van der Waals surface area contributed by atoms with Crippen molar-refractivity contribution in [2.45, 2.75) is 13.8 Å². The topological polar surface area (TPSA) is 91.8 Å². The van der Waals surface area contributed by atoms with Crippen LogP contribution in [0, 0.1) is 6.92 Å². The van der Waals surface area contributed by atoms with Gasteiger partial charge in [-0.2, -0.15) is 0 Å². The lowest BCUT2D eigenvalue weighted by Gasteiger charge is -2.14. The van der Waals surface area contributed by atoms with Crippen LogP contribution in [0.25, 0.3) is 21.9 Å². The smallest absolute Gasteiger partial charge is 0.320 e. The maximum atomic E-state index is 11.9. The van der Waals surface area contributed by atoms with Crippen molar-refractivity contribution in [2.75, 3.05) is 17.2 Å². The van der Waals surface area contributed by atoms with E-state index in [1.165, 1.54) is 0 Å². The van der Waals surface area contributed by atoms with E-state index in [0.29, 0.717) is 12.4 Å². The van der Waals surface area contributed by atoms with Crippen LogP contribution in [0.15, 0.2) is 67.3 Å². The zero-order chi connectivity index (χ0) is 20.9. The molecule has 7 heteroatoms. The first-order valence-electron chi connectivity index (χ1n) is 9.71. The van der Waals surface area contributed by atoms with Crippen LogP contribution in [0.3, 0.4) is 0 Å². The highest BCUT2D eigenvalue weighted by molar-refractivity contribution is 6.05. The Balaban J connectivity index is 1.80. The molecule has 1 aromatic carbocycles. The number of hydrogen-bond acceptors (Lipinski definition) is 5. The Labute approximate surface area is 174 Å². The minimum Gasteiger partial charge on any atom is -0.354 e. The number of nitrogens with one attached hydrogen (secondary N) is 3. The number of pyridine rings is 3. The number of aromatic nitrogens is 3. The Bertz CT molecular complexity index is 1180. The molecular formula is C23H22N6O. The maximum absolute atomic E-state index is 11.9. The fraction of sp³-hybridized carbons (Fsp3) is 0.130. The van der Waals surface area contributed by atoms with Gasteiger partial charge in [0.05, 0.1) is 11.9 Å². The number of fused-ring (bicyclic) bond motifs is 1. The second-order valence-electron chi connectivity index (χ2n) is 6.81. The van der Waals surface area contributed by atoms with E-state index in [1.807, 2.05) is 50.2 Å². The summed E-state index contributed by atoms with van der Waals surface area (Å²) in [5.74, 6) is 0.484. The summed E-state index contributed by atoms with van der Waals surface area (Å²) >= 11 is 0. The molecule has 0 fully saturated rings. The van der Waals surface area contributed by atoms with Crippen molar-refractivity contribution in [3.8, 4) is 11.1 Å². The van der Waals surface area contributed by atoms with E-state index in [0.717, 1.165) is 39.0 Å². The summed E-state index contributed by atoms with van der Waals surface area (Å²) in [6.45, 7) is 4.36. The number of urea groups is 1. The zero-order valence-electron chi connectivity index (χ0n) is 16.8. The molecule has 0 spiro atoms. The standard InChI is InChI=1S/C23H22N6O/c1-3-25-23(30)29-22-12-19-18(16-8-10-24-11-9-16)6-7-21(20(19)14-27-22)28-17-5-4-15(2)26-13-17/h4-14,28H,3H2,1-2H3,(H2,25,27,29,30). The number of benzene rings is 1. The van der Waals surface area contributed by atoms with Crippen molar-refractivity contribution >= 4 is 34.0 Å². The van der Waals surface area contributed by atoms with Crippen molar-refractivity contribution in [3.05, 3.63) is 72.9 Å². The Hall–Kier alpha value is -4.00. The number of aryl methyl sites for hydroxylation is 1. The zero-order valence-corrected chi connectivity index (χ0v) is 16.8. The normalized spacial score (nSPS) is 10.6. The minimum absolute atomic E-state index is 0.283. The molecule has 7 nitrogen and oxygen atoms in total. The molecule has 3 N–H and O–H groups in total. The van der Waals surface area contributed by atoms with E-state index in [-0.39, 0.29) is 6.03 Å². The van der Waals surface area contributed by atoms with Gasteiger partial charge < -0.3 is 10.6 Å². The van der Waals surface area contributed by atoms with Gasteiger partial charge in [0.25, 0.3) is 0 Å². The summed E-state index contributed by atoms with van der Waals surface area (Å²) in [6, 6.07) is 13.6. The first-order valence-corrected chi connectivity index (χ1v) is 9.71. The largest absolute Gasteiger partial charge is 0.354 e. The number of rotatable bonds is 5. The summed E-state index contributed by atoms with van der Waals surface area (Å²) < 4.78 is 0. The molecule has 0 saturated heterocycles. The second-order valence-corrected chi connectivity index (χ2v) is 6.81. The number of nitrogens with zero attached hydrogens (tertiary/aromatic N) is 3. The third-order valence-corrected chi connectivity index (χ3v) is 4.66. The Morgan fingerprint density at radius 2 is 1.80 bits per heavy atom. The molecule has 0 saturated carbocycles. The molecule has 0 radical (unpaired) electrons. The Kier molecular flexibility index (Phi) is 5.52. The van der Waals surface area contributed by atoms with Gasteiger partial charge in [0.1, 0.15) is 5.82 Å². The molecule has 0 aliphatic heterocycles. The van der Waals surface area contributed by atoms with Crippen LogP contribution < -0.4 is 16.0 Å². The van der Waals surface area contributed by atoms with Crippen LogP contribution in [0.5, 0.6) is 0 Å². The molecule has 0 unspecified atom stereocenters. The van der Waals surface area contributed by atoms with Crippen molar-refractivity contribution in [1.82, 2.24) is 20.3 Å². The number of carbonyl (C=O) groups excluding carboxylic acids is 1. The SMILES string of the molecule is CCNC(=O)Nc1cc2c(-c3ccncc3)ccc(Nc3ccc(C)nc3)c2cn1. The highest BCUT2D eigenvalue weighted by Gasteiger charge is 2.11. The third-order valence-electron chi connectivity index (χ3n) is 4.66. The minimum atomic E-state index is -0.283. The van der Waals surface area contributed by atoms with Gasteiger partial charge in [-0.15, -0.1) is 0 Å². The molecule has 4 aromatic rings. The molecule has 4 rings (SSSR count). The fourth-order valence-corrected chi connectivity index (χ4v) is 3.22. The van der Waals surface area contributed by atoms with Gasteiger partial charge in [-0.1, -0.05) is 6.07 Å². The highest BCUT2D eigenvalue weighted by atomic mass is 16.2. The monoisotopic (exact) mass is 398 g/mol. The fourth-order valence-electron chi connectivity index (χ4n) is 3.22. The van der Waals surface area contributed by atoms with Crippen molar-refractivity contribution in [1.29, 1.82) is 0 Å². The molecule has 0 aliphatic rings. The molecule has 3 heterocycles. The molecule has 0 atom stereocenters. The predicted octanol–water partition coefficient (Wildman–Crippen LogP) is 4.89. The van der Waals surface area contributed by atoms with E-state index in [2.05, 4.69) is 37.0 Å². The number of hydrogen-bond donors (Lipinski definition) is 3. The summed E-state index contributed by atoms with van der Waals surface area (Å²) in [6.07, 6.45) is 7.10. The number of amides is 2. The highest BCUT2D eigenvalue weighted by Crippen LogP contribution is 2.35. The average molecular weight is 398 g/mol. The number of carbonyl (C=O) groups is 1. The molecule has 30 heavy (non-hydrogen) atoms. The summed E-state index contributed by atoms with van der Waals surface area (Å²) in [4.78, 5) is 24.8. The summed E-state index contributed by atoms with van der Waals surface area (Å²) in [5, 5.41) is 10.8. The van der Waals surface area contributed by atoms with E-state index < -0.39 is 0 Å². The maximum Gasteiger partial charge on any atom is 0.320 e. The first kappa shape index (κ1) is 19.3. The molecular weight excluding hydrogens is 376 g/mol. The molecule has 3 aromatic heterocycles. The van der Waals surface area contributed by atoms with Gasteiger partial charge in [0, 0.05) is 41.9 Å². The quantitative estimate of drug-likeness (QED) is 0.445. The van der Waals surface area contributed by atoms with Gasteiger partial charge in [-0.05, 0) is 66.8 Å². The van der Waals surface area contributed by atoms with Gasteiger partial charge in [0.2, 0.25) is 0 Å². The Morgan fingerprint density at radius 1 is 0.967 bits per heavy atom. The van der Waals surface area contributed by atoms with Gasteiger partial charge >= 0.3 is 6.03 Å². The van der Waals surface area contributed by atoms with E-state index >= 15 is 0 Å². The third kappa shape index (κ3) is 4.20. The van der Waals surface area contributed by atoms with Crippen molar-refractivity contribution < 1.29 is 4.79 Å². The summed E-state index contributed by atoms with van der Waals surface area (Å²) in [5.41, 5.74) is 4.82. The van der Waals surface area contributed by atoms with Crippen LogP contribution >= 0.6 is 0 Å². The second kappa shape index (κ2) is 8.57. The van der Waals surface area contributed by atoms with Gasteiger partial charge in [0.15, 0.2) is 0 Å². The lowest BCUT2D eigenvalue weighted by atomic mass is 9.99. The van der Waals surface area contributed by atoms with Gasteiger partial charge in [-0.25, -0.2) is 9.78 Å². The summed E-state index contributed by atoms with van der Waals surface area (Å²) in [7, 11) is 0. The number of anilines is 3. The predicted molar refractivity (Wildman–Crippen MR) is 120 cm³/mol. The van der Waals surface area contributed by atoms with Gasteiger partial charge in [-0.3, -0.25) is 15.3 Å². The van der Waals surface area contributed by atoms with E-state index in [9.17, 15) is 4.79 Å². The molecule has 2 amide bonds. The average Bonchev–Trinajstić information content (AvgIpc) is 2.76. The lowest BCUT2D eigenvalue weighted by molar-refractivity contribution is 0.252. The lowest BCUT2D eigenvalue weighted by Crippen LogP contribution is -2.28. The van der Waals surface area contributed by atoms with Crippen LogP contribution in [0.2, 0.25) is 0 Å². The van der Waals surface area contributed by atoms with Crippen LogP contribution in [-0.2, 0) is 0 Å². The van der Waals surface area contributed by atoms with Crippen LogP contribution in [0.4, 0.5) is 22.0 Å². The van der Waals surface area contributed by atoms with Crippen LogP contribution in [0.1, 0.15) is 12.6 Å².